The van der Waals surface area contributed by atoms with Crippen molar-refractivity contribution in [3.63, 3.8) is 0 Å². The summed E-state index contributed by atoms with van der Waals surface area (Å²) in [6, 6.07) is 8.09. The molecule has 1 fully saturated rings. The van der Waals surface area contributed by atoms with E-state index in [1.165, 1.54) is 0 Å². The Balaban J connectivity index is 0.00000300. The van der Waals surface area contributed by atoms with Gasteiger partial charge in [0.15, 0.2) is 11.5 Å². The number of carbonyl (C=O) groups excluding carboxylic acids is 1. The molecule has 0 saturated carbocycles. The fourth-order valence-electron chi connectivity index (χ4n) is 3.45. The molecule has 2 heterocycles. The number of aryl methyl sites for hydroxylation is 1. The summed E-state index contributed by atoms with van der Waals surface area (Å²) in [6.45, 7) is 5.12. The quantitative estimate of drug-likeness (QED) is 0.607. The smallest absolute Gasteiger partial charge is 0.271 e. The number of benzene rings is 1. The molecular weight excluding hydrogens is 392 g/mol. The third-order valence-corrected chi connectivity index (χ3v) is 4.94. The molecule has 1 saturated heterocycles. The minimum atomic E-state index is -0.118. The molecule has 8 heteroatoms. The molecule has 1 aliphatic rings. The van der Waals surface area contributed by atoms with E-state index in [1.807, 2.05) is 36.0 Å². The zero-order chi connectivity index (χ0) is 19.8. The SMILES string of the molecule is CCOc1cc(CCCNC(=O)c2ccn(C3CCCNC3)n2)ccc1OC.Cl. The number of methoxy groups -OCH3 is 1. The van der Waals surface area contributed by atoms with Crippen LogP contribution in [0.1, 0.15) is 48.3 Å². The topological polar surface area (TPSA) is 77.4 Å². The first-order valence-corrected chi connectivity index (χ1v) is 10.0. The van der Waals surface area contributed by atoms with Crippen LogP contribution in [0, 0.1) is 0 Å². The lowest BCUT2D eigenvalue weighted by Crippen LogP contribution is -2.32. The van der Waals surface area contributed by atoms with Gasteiger partial charge >= 0.3 is 0 Å². The number of carbonyl (C=O) groups is 1. The van der Waals surface area contributed by atoms with Crippen LogP contribution in [0.5, 0.6) is 11.5 Å². The van der Waals surface area contributed by atoms with Crippen molar-refractivity contribution in [2.24, 2.45) is 0 Å². The maximum absolute atomic E-state index is 12.3. The van der Waals surface area contributed by atoms with E-state index in [9.17, 15) is 4.79 Å². The van der Waals surface area contributed by atoms with Crippen LogP contribution in [0.25, 0.3) is 0 Å². The van der Waals surface area contributed by atoms with Gasteiger partial charge in [-0.05, 0) is 62.9 Å². The Morgan fingerprint density at radius 3 is 2.93 bits per heavy atom. The number of ether oxygens (including phenoxy) is 2. The lowest BCUT2D eigenvalue weighted by Gasteiger charge is -2.22. The number of hydrogen-bond donors (Lipinski definition) is 2. The summed E-state index contributed by atoms with van der Waals surface area (Å²) in [7, 11) is 1.64. The van der Waals surface area contributed by atoms with Crippen molar-refractivity contribution in [1.82, 2.24) is 20.4 Å². The molecule has 3 rings (SSSR count). The second-order valence-electron chi connectivity index (χ2n) is 6.96. The highest BCUT2D eigenvalue weighted by atomic mass is 35.5. The van der Waals surface area contributed by atoms with Gasteiger partial charge in [-0.15, -0.1) is 12.4 Å². The number of aromatic nitrogens is 2. The Hall–Kier alpha value is -2.25. The van der Waals surface area contributed by atoms with E-state index in [0.717, 1.165) is 55.8 Å². The van der Waals surface area contributed by atoms with Crippen molar-refractivity contribution in [1.29, 1.82) is 0 Å². The molecular formula is C21H31ClN4O3. The maximum atomic E-state index is 12.3. The Kier molecular flexibility index (Phi) is 9.28. The van der Waals surface area contributed by atoms with E-state index >= 15 is 0 Å². The van der Waals surface area contributed by atoms with Crippen molar-refractivity contribution < 1.29 is 14.3 Å². The highest BCUT2D eigenvalue weighted by Gasteiger charge is 2.17. The molecule has 1 aliphatic heterocycles. The molecule has 29 heavy (non-hydrogen) atoms. The van der Waals surface area contributed by atoms with Crippen molar-refractivity contribution in [2.45, 2.75) is 38.6 Å². The van der Waals surface area contributed by atoms with Crippen LogP contribution in [-0.4, -0.2) is 49.0 Å². The first-order valence-electron chi connectivity index (χ1n) is 10.0. The molecule has 1 amide bonds. The summed E-state index contributed by atoms with van der Waals surface area (Å²) in [5, 5.41) is 10.8. The molecule has 160 valence electrons. The first-order chi connectivity index (χ1) is 13.7. The van der Waals surface area contributed by atoms with Crippen LogP contribution in [0.2, 0.25) is 0 Å². The number of halogens is 1. The van der Waals surface area contributed by atoms with E-state index in [0.29, 0.717) is 24.9 Å². The minimum Gasteiger partial charge on any atom is -0.493 e. The zero-order valence-corrected chi connectivity index (χ0v) is 18.0. The normalized spacial score (nSPS) is 16.0. The molecule has 1 aromatic carbocycles. The molecule has 0 radical (unpaired) electrons. The number of nitrogens with one attached hydrogen (secondary N) is 2. The average molecular weight is 423 g/mol. The van der Waals surface area contributed by atoms with Crippen LogP contribution in [0.3, 0.4) is 0 Å². The van der Waals surface area contributed by atoms with Gasteiger partial charge in [0, 0.05) is 19.3 Å². The summed E-state index contributed by atoms with van der Waals surface area (Å²) in [4.78, 5) is 12.3. The van der Waals surface area contributed by atoms with Gasteiger partial charge in [0.05, 0.1) is 19.8 Å². The van der Waals surface area contributed by atoms with Gasteiger partial charge < -0.3 is 20.1 Å². The fraction of sp³-hybridized carbons (Fsp3) is 0.524. The second kappa shape index (κ2) is 11.7. The summed E-state index contributed by atoms with van der Waals surface area (Å²) < 4.78 is 12.8. The molecule has 0 bridgehead atoms. The van der Waals surface area contributed by atoms with Gasteiger partial charge in [0.1, 0.15) is 5.69 Å². The molecule has 1 atom stereocenters. The lowest BCUT2D eigenvalue weighted by molar-refractivity contribution is 0.0947. The molecule has 1 unspecified atom stereocenters. The van der Waals surface area contributed by atoms with E-state index in [4.69, 9.17) is 9.47 Å². The highest BCUT2D eigenvalue weighted by molar-refractivity contribution is 5.92. The summed E-state index contributed by atoms with van der Waals surface area (Å²) in [6.07, 6.45) is 5.84. The second-order valence-corrected chi connectivity index (χ2v) is 6.96. The molecule has 0 aliphatic carbocycles. The number of amides is 1. The van der Waals surface area contributed by atoms with Gasteiger partial charge in [0.25, 0.3) is 5.91 Å². The molecule has 2 N–H and O–H groups in total. The fourth-order valence-corrected chi connectivity index (χ4v) is 3.45. The average Bonchev–Trinajstić information content (AvgIpc) is 3.23. The first kappa shape index (κ1) is 23.0. The van der Waals surface area contributed by atoms with Gasteiger partial charge in [-0.1, -0.05) is 6.07 Å². The Bertz CT molecular complexity index is 775. The van der Waals surface area contributed by atoms with E-state index < -0.39 is 0 Å². The summed E-state index contributed by atoms with van der Waals surface area (Å²) >= 11 is 0. The molecule has 0 spiro atoms. The summed E-state index contributed by atoms with van der Waals surface area (Å²) in [5.41, 5.74) is 1.64. The zero-order valence-electron chi connectivity index (χ0n) is 17.1. The number of piperidine rings is 1. The van der Waals surface area contributed by atoms with Gasteiger partial charge in [-0.2, -0.15) is 5.10 Å². The van der Waals surface area contributed by atoms with Gasteiger partial charge in [0.2, 0.25) is 0 Å². The third kappa shape index (κ3) is 6.37. The van der Waals surface area contributed by atoms with Crippen LogP contribution in [0.4, 0.5) is 0 Å². The number of hydrogen-bond acceptors (Lipinski definition) is 5. The minimum absolute atomic E-state index is 0. The van der Waals surface area contributed by atoms with E-state index in [1.54, 1.807) is 13.2 Å². The van der Waals surface area contributed by atoms with Gasteiger partial charge in [-0.3, -0.25) is 9.48 Å². The van der Waals surface area contributed by atoms with E-state index in [-0.39, 0.29) is 18.3 Å². The van der Waals surface area contributed by atoms with Crippen LogP contribution in [0.15, 0.2) is 30.5 Å². The number of nitrogens with zero attached hydrogens (tertiary/aromatic N) is 2. The Labute approximate surface area is 178 Å². The Morgan fingerprint density at radius 1 is 1.34 bits per heavy atom. The standard InChI is InChI=1S/C21H30N4O3.ClH/c1-3-28-20-14-16(8-9-19(20)27-2)6-4-12-23-21(26)18-10-13-25(24-18)17-7-5-11-22-15-17;/h8-10,13-14,17,22H,3-7,11-12,15H2,1-2H3,(H,23,26);1H. The van der Waals surface area contributed by atoms with Crippen molar-refractivity contribution >= 4 is 18.3 Å². The Morgan fingerprint density at radius 2 is 2.21 bits per heavy atom. The monoisotopic (exact) mass is 422 g/mol. The highest BCUT2D eigenvalue weighted by Crippen LogP contribution is 2.28. The van der Waals surface area contributed by atoms with Crippen LogP contribution >= 0.6 is 12.4 Å². The third-order valence-electron chi connectivity index (χ3n) is 4.94. The molecule has 7 nitrogen and oxygen atoms in total. The summed E-state index contributed by atoms with van der Waals surface area (Å²) in [5.74, 6) is 1.38. The van der Waals surface area contributed by atoms with Crippen molar-refractivity contribution in [2.75, 3.05) is 33.4 Å². The molecule has 2 aromatic rings. The van der Waals surface area contributed by atoms with Crippen LogP contribution in [-0.2, 0) is 6.42 Å². The van der Waals surface area contributed by atoms with Crippen molar-refractivity contribution in [3.05, 3.63) is 41.7 Å². The largest absolute Gasteiger partial charge is 0.493 e. The maximum Gasteiger partial charge on any atom is 0.271 e. The van der Waals surface area contributed by atoms with E-state index in [2.05, 4.69) is 15.7 Å². The van der Waals surface area contributed by atoms with Crippen molar-refractivity contribution in [3.8, 4) is 11.5 Å². The van der Waals surface area contributed by atoms with Crippen LogP contribution < -0.4 is 20.1 Å². The molecule has 1 aromatic heterocycles. The predicted molar refractivity (Wildman–Crippen MR) is 115 cm³/mol. The van der Waals surface area contributed by atoms with Gasteiger partial charge in [-0.25, -0.2) is 0 Å². The number of rotatable bonds is 9. The predicted octanol–water partition coefficient (Wildman–Crippen LogP) is 3.00. The lowest BCUT2D eigenvalue weighted by atomic mass is 10.1.